The normalized spacial score (nSPS) is 11.3. The second-order valence-corrected chi connectivity index (χ2v) is 7.10. The van der Waals surface area contributed by atoms with Gasteiger partial charge in [-0.15, -0.1) is 0 Å². The minimum atomic E-state index is -3.41. The Bertz CT molecular complexity index is 294. The predicted molar refractivity (Wildman–Crippen MR) is 89.0 cm³/mol. The monoisotopic (exact) mass is 331 g/mol. The van der Waals surface area contributed by atoms with Crippen LogP contribution in [0.1, 0.15) is 77.6 Å². The fourth-order valence-corrected chi connectivity index (χ4v) is 3.05. The molecule has 1 N–H and O–H groups in total. The molecule has 0 unspecified atom stereocenters. The summed E-state index contributed by atoms with van der Waals surface area (Å²) in [6.07, 6.45) is 12.4. The molecule has 0 saturated carbocycles. The summed E-state index contributed by atoms with van der Waals surface area (Å²) in [5, 5.41) is 8.57. The van der Waals surface area contributed by atoms with Crippen molar-refractivity contribution in [1.29, 1.82) is 0 Å². The molecule has 0 aromatic heterocycles. The van der Waals surface area contributed by atoms with Crippen LogP contribution in [0.25, 0.3) is 0 Å². The molecular weight excluding hydrogens is 299 g/mol. The number of hydrogen-bond acceptors (Lipinski definition) is 4. The van der Waals surface area contributed by atoms with Crippen molar-refractivity contribution in [2.45, 2.75) is 77.6 Å². The number of aliphatic hydroxyl groups is 1. The Morgan fingerprint density at radius 2 is 1.29 bits per heavy atom. The van der Waals surface area contributed by atoms with Crippen molar-refractivity contribution in [3.05, 3.63) is 0 Å². The average molecular weight is 331 g/mol. The Hall–Kier alpha value is 0.870. The van der Waals surface area contributed by atoms with Gasteiger partial charge < -0.3 is 5.11 Å². The molecule has 0 fully saturated rings. The number of hydrogen-bond donors (Lipinski definition) is 1. The third-order valence-corrected chi connectivity index (χ3v) is 4.63. The van der Waals surface area contributed by atoms with Crippen LogP contribution in [0.5, 0.6) is 0 Å². The molecular formula is C15H32NaO4S. The fraction of sp³-hybridized carbons (Fsp3) is 1.00. The molecule has 0 aromatic carbocycles. The summed E-state index contributed by atoms with van der Waals surface area (Å²) in [4.78, 5) is 0. The predicted octanol–water partition coefficient (Wildman–Crippen LogP) is 3.26. The molecule has 0 saturated heterocycles. The van der Waals surface area contributed by atoms with E-state index in [0.29, 0.717) is 0 Å². The van der Waals surface area contributed by atoms with Crippen LogP contribution in [-0.4, -0.2) is 62.0 Å². The van der Waals surface area contributed by atoms with E-state index in [9.17, 15) is 8.42 Å². The van der Waals surface area contributed by atoms with Gasteiger partial charge in [-0.3, -0.25) is 4.18 Å². The molecule has 123 valence electrons. The van der Waals surface area contributed by atoms with Crippen molar-refractivity contribution < 1.29 is 17.7 Å². The van der Waals surface area contributed by atoms with Gasteiger partial charge in [0, 0.05) is 36.2 Å². The Balaban J connectivity index is 0. The smallest absolute Gasteiger partial charge is 0.267 e. The van der Waals surface area contributed by atoms with E-state index in [0.717, 1.165) is 19.3 Å². The van der Waals surface area contributed by atoms with E-state index in [1.54, 1.807) is 0 Å². The molecule has 0 heterocycles. The van der Waals surface area contributed by atoms with Crippen LogP contribution in [-0.2, 0) is 14.3 Å². The second-order valence-electron chi connectivity index (χ2n) is 5.34. The van der Waals surface area contributed by atoms with Gasteiger partial charge in [0.15, 0.2) is 0 Å². The topological polar surface area (TPSA) is 63.6 Å². The SMILES string of the molecule is CCCCCCCCCCCCOS(=O)(=O)CCCO.[Na]. The third-order valence-electron chi connectivity index (χ3n) is 3.31. The van der Waals surface area contributed by atoms with E-state index < -0.39 is 10.1 Å². The molecule has 0 amide bonds. The molecule has 0 aliphatic rings. The van der Waals surface area contributed by atoms with Gasteiger partial charge in [-0.2, -0.15) is 8.42 Å². The van der Waals surface area contributed by atoms with Crippen LogP contribution in [0.15, 0.2) is 0 Å². The maximum absolute atomic E-state index is 11.3. The summed E-state index contributed by atoms with van der Waals surface area (Å²) in [6.45, 7) is 2.40. The van der Waals surface area contributed by atoms with Gasteiger partial charge in [-0.25, -0.2) is 0 Å². The summed E-state index contributed by atoms with van der Waals surface area (Å²) in [6, 6.07) is 0. The van der Waals surface area contributed by atoms with Crippen molar-refractivity contribution in [3.63, 3.8) is 0 Å². The van der Waals surface area contributed by atoms with E-state index in [4.69, 9.17) is 9.29 Å². The summed E-state index contributed by atoms with van der Waals surface area (Å²) in [7, 11) is -3.41. The van der Waals surface area contributed by atoms with Crippen LogP contribution in [0.3, 0.4) is 0 Å². The maximum Gasteiger partial charge on any atom is 0.267 e. The largest absolute Gasteiger partial charge is 0.396 e. The molecule has 0 spiro atoms. The first kappa shape index (κ1) is 24.1. The van der Waals surface area contributed by atoms with Crippen LogP contribution < -0.4 is 0 Å². The second kappa shape index (κ2) is 17.2. The van der Waals surface area contributed by atoms with Crippen molar-refractivity contribution in [1.82, 2.24) is 0 Å². The van der Waals surface area contributed by atoms with Crippen LogP contribution in [0.4, 0.5) is 0 Å². The molecule has 0 aromatic rings. The van der Waals surface area contributed by atoms with E-state index in [1.165, 1.54) is 44.9 Å². The zero-order valence-electron chi connectivity index (χ0n) is 14.0. The number of unbranched alkanes of at least 4 members (excludes halogenated alkanes) is 9. The van der Waals surface area contributed by atoms with Crippen LogP contribution in [0, 0.1) is 0 Å². The van der Waals surface area contributed by atoms with Crippen molar-refractivity contribution >= 4 is 39.7 Å². The summed E-state index contributed by atoms with van der Waals surface area (Å²) >= 11 is 0. The molecule has 0 atom stereocenters. The van der Waals surface area contributed by atoms with E-state index in [1.807, 2.05) is 0 Å². The Labute approximate surface area is 153 Å². The molecule has 6 heteroatoms. The quantitative estimate of drug-likeness (QED) is 0.284. The number of rotatable bonds is 15. The first-order chi connectivity index (χ1) is 9.62. The Morgan fingerprint density at radius 3 is 1.76 bits per heavy atom. The third kappa shape index (κ3) is 18.8. The van der Waals surface area contributed by atoms with Gasteiger partial charge in [0.1, 0.15) is 0 Å². The molecule has 1 radical (unpaired) electrons. The van der Waals surface area contributed by atoms with Gasteiger partial charge in [0.25, 0.3) is 10.1 Å². The van der Waals surface area contributed by atoms with Crippen molar-refractivity contribution in [2.75, 3.05) is 19.0 Å². The fourth-order valence-electron chi connectivity index (χ4n) is 2.08. The van der Waals surface area contributed by atoms with Crippen LogP contribution in [0.2, 0.25) is 0 Å². The average Bonchev–Trinajstić information content (AvgIpc) is 2.42. The summed E-state index contributed by atoms with van der Waals surface area (Å²) in [5.41, 5.74) is 0. The Kier molecular flexibility index (Phi) is 19.8. The van der Waals surface area contributed by atoms with Crippen molar-refractivity contribution in [2.24, 2.45) is 0 Å². The molecule has 21 heavy (non-hydrogen) atoms. The van der Waals surface area contributed by atoms with Crippen LogP contribution >= 0.6 is 0 Å². The first-order valence-electron chi connectivity index (χ1n) is 8.10. The van der Waals surface area contributed by atoms with Gasteiger partial charge in [0.05, 0.1) is 12.4 Å². The minimum absolute atomic E-state index is 0. The molecule has 4 nitrogen and oxygen atoms in total. The summed E-state index contributed by atoms with van der Waals surface area (Å²) < 4.78 is 27.5. The zero-order chi connectivity index (χ0) is 15.1. The van der Waals surface area contributed by atoms with E-state index in [-0.39, 0.29) is 54.9 Å². The standard InChI is InChI=1S/C15H32O4S.Na/c1-2-3-4-5-6-7-8-9-10-11-14-19-20(17,18)15-12-13-16;/h16H,2-15H2,1H3;. The minimum Gasteiger partial charge on any atom is -0.396 e. The van der Waals surface area contributed by atoms with E-state index >= 15 is 0 Å². The maximum atomic E-state index is 11.3. The molecule has 0 bridgehead atoms. The van der Waals surface area contributed by atoms with Gasteiger partial charge in [0.2, 0.25) is 0 Å². The zero-order valence-corrected chi connectivity index (χ0v) is 16.8. The molecule has 0 aliphatic carbocycles. The summed E-state index contributed by atoms with van der Waals surface area (Å²) in [5.74, 6) is -0.0821. The van der Waals surface area contributed by atoms with E-state index in [2.05, 4.69) is 6.92 Å². The Morgan fingerprint density at radius 1 is 0.810 bits per heavy atom. The van der Waals surface area contributed by atoms with Gasteiger partial charge in [-0.05, 0) is 12.8 Å². The number of aliphatic hydroxyl groups excluding tert-OH is 1. The van der Waals surface area contributed by atoms with Gasteiger partial charge >= 0.3 is 0 Å². The van der Waals surface area contributed by atoms with Gasteiger partial charge in [-0.1, -0.05) is 64.7 Å². The molecule has 0 rings (SSSR count). The molecule has 0 aliphatic heterocycles. The van der Waals surface area contributed by atoms with Crippen molar-refractivity contribution in [3.8, 4) is 0 Å². The first-order valence-corrected chi connectivity index (χ1v) is 9.68.